The minimum absolute atomic E-state index is 0.181. The second-order valence-corrected chi connectivity index (χ2v) is 14.6. The molecule has 51 heavy (non-hydrogen) atoms. The second kappa shape index (κ2) is 44.5. The molecule has 0 aliphatic carbocycles. The van der Waals surface area contributed by atoms with Gasteiger partial charge in [0.25, 0.3) is 0 Å². The van der Waals surface area contributed by atoms with Crippen molar-refractivity contribution in [3.05, 3.63) is 24.3 Å². The van der Waals surface area contributed by atoms with Crippen molar-refractivity contribution in [1.29, 1.82) is 0 Å². The first-order valence-electron chi connectivity index (χ1n) is 22.2. The zero-order valence-corrected chi connectivity index (χ0v) is 34.1. The molecule has 0 aromatic rings. The third-order valence-electron chi connectivity index (χ3n) is 9.54. The molecule has 0 radical (unpaired) electrons. The number of allylic oxidation sites excluding steroid dienone is 4. The van der Waals surface area contributed by atoms with Crippen LogP contribution in [0.4, 0.5) is 0 Å². The molecule has 7 heteroatoms. The second-order valence-electron chi connectivity index (χ2n) is 14.6. The third-order valence-corrected chi connectivity index (χ3v) is 9.54. The molecular weight excluding hydrogens is 631 g/mol. The summed E-state index contributed by atoms with van der Waals surface area (Å²) in [6.07, 6.45) is 44.0. The van der Waals surface area contributed by atoms with Gasteiger partial charge in [-0.05, 0) is 64.2 Å². The van der Waals surface area contributed by atoms with Gasteiger partial charge in [-0.15, -0.1) is 0 Å². The lowest BCUT2D eigenvalue weighted by molar-refractivity contribution is -0.122. The van der Waals surface area contributed by atoms with Crippen molar-refractivity contribution in [2.24, 2.45) is 0 Å². The van der Waals surface area contributed by atoms with E-state index in [4.69, 9.17) is 0 Å². The molecule has 0 aliphatic heterocycles. The fourth-order valence-electron chi connectivity index (χ4n) is 6.20. The van der Waals surface area contributed by atoms with Crippen molar-refractivity contribution in [2.45, 2.75) is 194 Å². The summed E-state index contributed by atoms with van der Waals surface area (Å²) in [6.45, 7) is 11.1. The fourth-order valence-corrected chi connectivity index (χ4v) is 6.20. The number of hydrogen-bond donors (Lipinski definition) is 5. The summed E-state index contributed by atoms with van der Waals surface area (Å²) in [5.74, 6) is 0.362. The lowest BCUT2D eigenvalue weighted by Crippen LogP contribution is -2.37. The van der Waals surface area contributed by atoms with Gasteiger partial charge in [-0.3, -0.25) is 9.59 Å². The quantitative estimate of drug-likeness (QED) is 0.0320. The maximum absolute atomic E-state index is 12.1. The minimum Gasteiger partial charge on any atom is -0.355 e. The van der Waals surface area contributed by atoms with Crippen LogP contribution in [0.1, 0.15) is 194 Å². The molecule has 300 valence electrons. The summed E-state index contributed by atoms with van der Waals surface area (Å²) < 4.78 is 0. The zero-order chi connectivity index (χ0) is 37.0. The summed E-state index contributed by atoms with van der Waals surface area (Å²) in [7, 11) is 0. The SMILES string of the molecule is CCCCCCCC=CCCCCCCCCC(=O)NCCNCCNCCNCCNC(=O)CCCCCCCCC=CCCCCCCC. The highest BCUT2D eigenvalue weighted by atomic mass is 16.2. The topological polar surface area (TPSA) is 94.3 Å². The van der Waals surface area contributed by atoms with Gasteiger partial charge in [0.1, 0.15) is 0 Å². The molecule has 7 nitrogen and oxygen atoms in total. The van der Waals surface area contributed by atoms with E-state index < -0.39 is 0 Å². The van der Waals surface area contributed by atoms with Crippen LogP contribution in [0.15, 0.2) is 24.3 Å². The van der Waals surface area contributed by atoms with Gasteiger partial charge in [0.2, 0.25) is 11.8 Å². The van der Waals surface area contributed by atoms with E-state index in [0.29, 0.717) is 25.9 Å². The first kappa shape index (κ1) is 49.3. The zero-order valence-electron chi connectivity index (χ0n) is 34.1. The third kappa shape index (κ3) is 44.4. The van der Waals surface area contributed by atoms with Crippen molar-refractivity contribution >= 4 is 11.8 Å². The Bertz CT molecular complexity index is 711. The summed E-state index contributed by atoms with van der Waals surface area (Å²) in [6, 6.07) is 0. The molecule has 0 atom stereocenters. The van der Waals surface area contributed by atoms with Gasteiger partial charge < -0.3 is 26.6 Å². The van der Waals surface area contributed by atoms with Crippen molar-refractivity contribution in [3.8, 4) is 0 Å². The highest BCUT2D eigenvalue weighted by molar-refractivity contribution is 5.76. The number of carbonyl (C=O) groups excluding carboxylic acids is 2. The fraction of sp³-hybridized carbons (Fsp3) is 0.864. The molecule has 0 aliphatic rings. The Labute approximate surface area is 317 Å². The summed E-state index contributed by atoms with van der Waals surface area (Å²) in [5, 5.41) is 16.3. The first-order valence-corrected chi connectivity index (χ1v) is 22.2. The van der Waals surface area contributed by atoms with Gasteiger partial charge in [-0.2, -0.15) is 0 Å². The van der Waals surface area contributed by atoms with Crippen LogP contribution in [-0.2, 0) is 9.59 Å². The van der Waals surface area contributed by atoms with Crippen LogP contribution >= 0.6 is 0 Å². The van der Waals surface area contributed by atoms with Gasteiger partial charge in [0, 0.05) is 65.2 Å². The molecule has 2 amide bonds. The number of carbonyl (C=O) groups is 2. The summed E-state index contributed by atoms with van der Waals surface area (Å²) >= 11 is 0. The van der Waals surface area contributed by atoms with E-state index in [1.54, 1.807) is 0 Å². The van der Waals surface area contributed by atoms with Gasteiger partial charge in [0.05, 0.1) is 0 Å². The van der Waals surface area contributed by atoms with Gasteiger partial charge in [0.15, 0.2) is 0 Å². The summed E-state index contributed by atoms with van der Waals surface area (Å²) in [4.78, 5) is 24.1. The Morgan fingerprint density at radius 3 is 0.902 bits per heavy atom. The average molecular weight is 718 g/mol. The Morgan fingerprint density at radius 1 is 0.333 bits per heavy atom. The molecular formula is C44H87N5O2. The largest absolute Gasteiger partial charge is 0.355 e. The molecule has 0 spiro atoms. The van der Waals surface area contributed by atoms with E-state index in [-0.39, 0.29) is 11.8 Å². The average Bonchev–Trinajstić information content (AvgIpc) is 3.13. The van der Waals surface area contributed by atoms with E-state index in [1.165, 1.54) is 141 Å². The molecule has 0 saturated heterocycles. The molecule has 0 aromatic carbocycles. The maximum atomic E-state index is 12.1. The number of hydrogen-bond acceptors (Lipinski definition) is 5. The van der Waals surface area contributed by atoms with E-state index in [2.05, 4.69) is 64.7 Å². The van der Waals surface area contributed by atoms with Crippen LogP contribution in [0.3, 0.4) is 0 Å². The summed E-state index contributed by atoms with van der Waals surface area (Å²) in [5.41, 5.74) is 0. The Morgan fingerprint density at radius 2 is 0.588 bits per heavy atom. The molecule has 0 saturated carbocycles. The number of unbranched alkanes of at least 4 members (excludes halogenated alkanes) is 22. The van der Waals surface area contributed by atoms with Crippen LogP contribution in [0.5, 0.6) is 0 Å². The van der Waals surface area contributed by atoms with Crippen LogP contribution in [-0.4, -0.2) is 64.2 Å². The van der Waals surface area contributed by atoms with Gasteiger partial charge >= 0.3 is 0 Å². The van der Waals surface area contributed by atoms with Gasteiger partial charge in [-0.1, -0.05) is 141 Å². The molecule has 0 bridgehead atoms. The van der Waals surface area contributed by atoms with Crippen LogP contribution in [0, 0.1) is 0 Å². The van der Waals surface area contributed by atoms with Crippen LogP contribution in [0.2, 0.25) is 0 Å². The highest BCUT2D eigenvalue weighted by Gasteiger charge is 2.02. The number of rotatable bonds is 42. The highest BCUT2D eigenvalue weighted by Crippen LogP contribution is 2.11. The number of nitrogens with one attached hydrogen (secondary N) is 5. The molecule has 0 rings (SSSR count). The predicted octanol–water partition coefficient (Wildman–Crippen LogP) is 10.1. The lowest BCUT2D eigenvalue weighted by Gasteiger charge is -2.09. The van der Waals surface area contributed by atoms with Crippen LogP contribution < -0.4 is 26.6 Å². The minimum atomic E-state index is 0.181. The van der Waals surface area contributed by atoms with E-state index in [9.17, 15) is 9.59 Å². The Hall–Kier alpha value is -1.70. The smallest absolute Gasteiger partial charge is 0.220 e. The standard InChI is InChI=1S/C44H87N5O2/c1-3-5-7-9-11-13-15-17-19-21-23-25-27-29-31-33-43(50)48-41-39-46-37-35-45-36-38-47-40-42-49-44(51)34-32-30-28-26-24-22-20-18-16-14-12-10-8-6-4-2/h15-18,45-47H,3-14,19-42H2,1-2H3,(H,48,50)(H,49,51). The molecule has 0 fully saturated rings. The van der Waals surface area contributed by atoms with Crippen molar-refractivity contribution < 1.29 is 9.59 Å². The van der Waals surface area contributed by atoms with Crippen LogP contribution in [0.25, 0.3) is 0 Å². The van der Waals surface area contributed by atoms with Crippen molar-refractivity contribution in [3.63, 3.8) is 0 Å². The van der Waals surface area contributed by atoms with E-state index >= 15 is 0 Å². The van der Waals surface area contributed by atoms with E-state index in [1.807, 2.05) is 0 Å². The van der Waals surface area contributed by atoms with Crippen molar-refractivity contribution in [2.75, 3.05) is 52.4 Å². The Balaban J connectivity index is 3.26. The molecule has 5 N–H and O–H groups in total. The van der Waals surface area contributed by atoms with Crippen molar-refractivity contribution in [1.82, 2.24) is 26.6 Å². The lowest BCUT2D eigenvalue weighted by atomic mass is 10.1. The molecule has 0 unspecified atom stereocenters. The first-order chi connectivity index (χ1) is 25.2. The Kier molecular flexibility index (Phi) is 43.0. The maximum Gasteiger partial charge on any atom is 0.220 e. The number of amides is 2. The monoisotopic (exact) mass is 718 g/mol. The van der Waals surface area contributed by atoms with E-state index in [0.717, 1.165) is 65.0 Å². The predicted molar refractivity (Wildman–Crippen MR) is 224 cm³/mol. The molecule has 0 aromatic heterocycles. The molecule has 0 heterocycles. The normalized spacial score (nSPS) is 11.6. The van der Waals surface area contributed by atoms with Gasteiger partial charge in [-0.25, -0.2) is 0 Å².